The smallest absolute Gasteiger partial charge is 0.287 e. The van der Waals surface area contributed by atoms with Crippen molar-refractivity contribution in [1.82, 2.24) is 19.9 Å². The monoisotopic (exact) mass is 380 g/mol. The first-order valence-corrected chi connectivity index (χ1v) is 9.71. The van der Waals surface area contributed by atoms with Crippen molar-refractivity contribution in [2.45, 2.75) is 17.7 Å². The summed E-state index contributed by atoms with van der Waals surface area (Å²) in [6.45, 7) is 1.41. The second-order valence-corrected chi connectivity index (χ2v) is 7.79. The molecule has 0 atom stereocenters. The number of rotatable bonds is 7. The van der Waals surface area contributed by atoms with Crippen molar-refractivity contribution in [1.29, 1.82) is 0 Å². The van der Waals surface area contributed by atoms with E-state index in [2.05, 4.69) is 15.6 Å². The quantitative estimate of drug-likeness (QED) is 0.605. The minimum Gasteiger partial charge on any atom is -0.459 e. The summed E-state index contributed by atoms with van der Waals surface area (Å²) >= 11 is 0. The highest BCUT2D eigenvalue weighted by atomic mass is 32.2. The second-order valence-electron chi connectivity index (χ2n) is 5.85. The Bertz CT molecular complexity index is 866. The third-order valence-corrected chi connectivity index (χ3v) is 5.92. The number of nitrogens with zero attached hydrogens (tertiary/aromatic N) is 1. The SMILES string of the molecule is O=C(NCCNC(=O)c1ccco1)c1cc(S(=O)(=O)N2CCCC2)c[nH]1. The van der Waals surface area contributed by atoms with Crippen LogP contribution in [0.15, 0.2) is 40.0 Å². The molecule has 0 aliphatic carbocycles. The molecule has 0 saturated carbocycles. The van der Waals surface area contributed by atoms with Gasteiger partial charge in [0.1, 0.15) is 10.6 Å². The van der Waals surface area contributed by atoms with E-state index in [-0.39, 0.29) is 35.3 Å². The van der Waals surface area contributed by atoms with Crippen LogP contribution in [-0.2, 0) is 10.0 Å². The van der Waals surface area contributed by atoms with Gasteiger partial charge < -0.3 is 20.0 Å². The van der Waals surface area contributed by atoms with E-state index in [9.17, 15) is 18.0 Å². The van der Waals surface area contributed by atoms with Crippen LogP contribution < -0.4 is 10.6 Å². The highest BCUT2D eigenvalue weighted by molar-refractivity contribution is 7.89. The molecule has 0 aromatic carbocycles. The molecule has 9 nitrogen and oxygen atoms in total. The van der Waals surface area contributed by atoms with Crippen molar-refractivity contribution in [3.63, 3.8) is 0 Å². The van der Waals surface area contributed by atoms with E-state index >= 15 is 0 Å². The second kappa shape index (κ2) is 7.75. The number of hydrogen-bond donors (Lipinski definition) is 3. The van der Waals surface area contributed by atoms with Gasteiger partial charge in [0, 0.05) is 32.4 Å². The maximum Gasteiger partial charge on any atom is 0.287 e. The van der Waals surface area contributed by atoms with Gasteiger partial charge in [0.05, 0.1) is 6.26 Å². The predicted molar refractivity (Wildman–Crippen MR) is 92.2 cm³/mol. The molecule has 1 aliphatic heterocycles. The minimum atomic E-state index is -3.56. The van der Waals surface area contributed by atoms with Crippen molar-refractivity contribution >= 4 is 21.8 Å². The number of nitrogens with one attached hydrogen (secondary N) is 3. The molecule has 2 amide bonds. The molecule has 1 aliphatic rings. The first-order chi connectivity index (χ1) is 12.5. The van der Waals surface area contributed by atoms with Crippen LogP contribution in [0.4, 0.5) is 0 Å². The number of aromatic nitrogens is 1. The van der Waals surface area contributed by atoms with Crippen molar-refractivity contribution < 1.29 is 22.4 Å². The topological polar surface area (TPSA) is 125 Å². The Balaban J connectivity index is 1.49. The molecule has 2 aromatic rings. The van der Waals surface area contributed by atoms with E-state index in [1.54, 1.807) is 6.07 Å². The molecule has 3 N–H and O–H groups in total. The van der Waals surface area contributed by atoms with Gasteiger partial charge in [0.2, 0.25) is 10.0 Å². The molecule has 0 unspecified atom stereocenters. The molecular weight excluding hydrogens is 360 g/mol. The first kappa shape index (κ1) is 18.2. The van der Waals surface area contributed by atoms with Crippen LogP contribution in [0.3, 0.4) is 0 Å². The Kier molecular flexibility index (Phi) is 5.43. The predicted octanol–water partition coefficient (Wildman–Crippen LogP) is 0.552. The van der Waals surface area contributed by atoms with E-state index in [4.69, 9.17) is 4.42 Å². The lowest BCUT2D eigenvalue weighted by molar-refractivity contribution is 0.0909. The van der Waals surface area contributed by atoms with E-state index in [0.717, 1.165) is 12.8 Å². The Hall–Kier alpha value is -2.59. The standard InChI is InChI=1S/C16H20N4O5S/c21-15(17-5-6-18-16(22)14-4-3-9-25-14)13-10-12(11-19-13)26(23,24)20-7-1-2-8-20/h3-4,9-11,19H,1-2,5-8H2,(H,17,21)(H,18,22). The van der Waals surface area contributed by atoms with E-state index in [0.29, 0.717) is 13.1 Å². The third-order valence-electron chi connectivity index (χ3n) is 4.05. The third kappa shape index (κ3) is 3.97. The lowest BCUT2D eigenvalue weighted by atomic mass is 10.4. The summed E-state index contributed by atoms with van der Waals surface area (Å²) in [6.07, 6.45) is 4.42. The van der Waals surface area contributed by atoms with Crippen molar-refractivity contribution in [3.05, 3.63) is 42.1 Å². The van der Waals surface area contributed by atoms with E-state index in [1.807, 2.05) is 0 Å². The minimum absolute atomic E-state index is 0.0793. The number of sulfonamides is 1. The fourth-order valence-electron chi connectivity index (χ4n) is 2.67. The lowest BCUT2D eigenvalue weighted by Gasteiger charge is -2.13. The molecule has 0 spiro atoms. The number of aromatic amines is 1. The van der Waals surface area contributed by atoms with Gasteiger partial charge in [-0.25, -0.2) is 8.42 Å². The summed E-state index contributed by atoms with van der Waals surface area (Å²) in [4.78, 5) is 26.5. The summed E-state index contributed by atoms with van der Waals surface area (Å²) in [5, 5.41) is 5.21. The van der Waals surface area contributed by atoms with Crippen LogP contribution in [-0.4, -0.2) is 55.7 Å². The van der Waals surface area contributed by atoms with Crippen LogP contribution in [0.2, 0.25) is 0 Å². The average molecular weight is 380 g/mol. The molecule has 3 heterocycles. The van der Waals surface area contributed by atoms with E-state index < -0.39 is 15.9 Å². The summed E-state index contributed by atoms with van der Waals surface area (Å²) in [5.74, 6) is -0.624. The summed E-state index contributed by atoms with van der Waals surface area (Å²) in [6, 6.07) is 4.47. The number of H-pyrrole nitrogens is 1. The van der Waals surface area contributed by atoms with Crippen LogP contribution in [0.1, 0.15) is 33.9 Å². The maximum absolute atomic E-state index is 12.4. The van der Waals surface area contributed by atoms with Gasteiger partial charge in [-0.2, -0.15) is 4.31 Å². The summed E-state index contributed by atoms with van der Waals surface area (Å²) in [7, 11) is -3.56. The largest absolute Gasteiger partial charge is 0.459 e. The molecular formula is C16H20N4O5S. The zero-order chi connectivity index (χ0) is 18.6. The lowest BCUT2D eigenvalue weighted by Crippen LogP contribution is -2.34. The van der Waals surface area contributed by atoms with Gasteiger partial charge in [0.25, 0.3) is 11.8 Å². The van der Waals surface area contributed by atoms with Gasteiger partial charge >= 0.3 is 0 Å². The highest BCUT2D eigenvalue weighted by Gasteiger charge is 2.28. The number of hydrogen-bond acceptors (Lipinski definition) is 5. The molecule has 0 bridgehead atoms. The number of amides is 2. The van der Waals surface area contributed by atoms with Gasteiger partial charge in [-0.1, -0.05) is 0 Å². The first-order valence-electron chi connectivity index (χ1n) is 8.27. The Morgan fingerprint density at radius 2 is 1.85 bits per heavy atom. The molecule has 10 heteroatoms. The van der Waals surface area contributed by atoms with Crippen molar-refractivity contribution in [2.24, 2.45) is 0 Å². The zero-order valence-corrected chi connectivity index (χ0v) is 14.8. The number of carbonyl (C=O) groups excluding carboxylic acids is 2. The summed E-state index contributed by atoms with van der Waals surface area (Å²) < 4.78 is 31.2. The van der Waals surface area contributed by atoms with Gasteiger partial charge in [-0.15, -0.1) is 0 Å². The maximum atomic E-state index is 12.4. The fourth-order valence-corrected chi connectivity index (χ4v) is 4.19. The fraction of sp³-hybridized carbons (Fsp3) is 0.375. The Morgan fingerprint density at radius 3 is 2.50 bits per heavy atom. The van der Waals surface area contributed by atoms with Crippen LogP contribution >= 0.6 is 0 Å². The van der Waals surface area contributed by atoms with Crippen molar-refractivity contribution in [3.8, 4) is 0 Å². The molecule has 2 aromatic heterocycles. The molecule has 0 radical (unpaired) electrons. The molecule has 3 rings (SSSR count). The van der Waals surface area contributed by atoms with Gasteiger partial charge in [0.15, 0.2) is 5.76 Å². The van der Waals surface area contributed by atoms with Crippen LogP contribution in [0.5, 0.6) is 0 Å². The molecule has 1 fully saturated rings. The van der Waals surface area contributed by atoms with Crippen molar-refractivity contribution in [2.75, 3.05) is 26.2 Å². The van der Waals surface area contributed by atoms with Crippen LogP contribution in [0.25, 0.3) is 0 Å². The molecule has 140 valence electrons. The van der Waals surface area contributed by atoms with Gasteiger partial charge in [-0.3, -0.25) is 9.59 Å². The number of furan rings is 1. The summed E-state index contributed by atoms with van der Waals surface area (Å²) in [5.41, 5.74) is 0.153. The molecule has 26 heavy (non-hydrogen) atoms. The Morgan fingerprint density at radius 1 is 1.15 bits per heavy atom. The normalized spacial score (nSPS) is 15.1. The Labute approximate surface area is 150 Å². The van der Waals surface area contributed by atoms with E-state index in [1.165, 1.54) is 28.9 Å². The van der Waals surface area contributed by atoms with Crippen LogP contribution in [0, 0.1) is 0 Å². The number of carbonyl (C=O) groups is 2. The highest BCUT2D eigenvalue weighted by Crippen LogP contribution is 2.21. The molecule has 1 saturated heterocycles. The zero-order valence-electron chi connectivity index (χ0n) is 14.0. The van der Waals surface area contributed by atoms with Gasteiger partial charge in [-0.05, 0) is 31.0 Å². The average Bonchev–Trinajstić information content (AvgIpc) is 3.39.